The first-order chi connectivity index (χ1) is 9.15. The van der Waals surface area contributed by atoms with Gasteiger partial charge in [0.1, 0.15) is 0 Å². The third-order valence-electron chi connectivity index (χ3n) is 3.70. The molecule has 0 aliphatic rings. The molecule has 2 aromatic rings. The average Bonchev–Trinajstić information content (AvgIpc) is 2.84. The topological polar surface area (TPSA) is 87.0 Å². The largest absolute Gasteiger partial charge is 0.397 e. The van der Waals surface area contributed by atoms with E-state index in [1.54, 1.807) is 6.20 Å². The normalized spacial score (nSPS) is 13.1. The summed E-state index contributed by atoms with van der Waals surface area (Å²) in [5.74, 6) is 0.324. The first kappa shape index (κ1) is 13.7. The van der Waals surface area contributed by atoms with Crippen molar-refractivity contribution in [1.82, 2.24) is 10.2 Å². The predicted octanol–water partition coefficient (Wildman–Crippen LogP) is 2.35. The number of nitrogens with zero attached hydrogens (tertiary/aromatic N) is 1. The van der Waals surface area contributed by atoms with Gasteiger partial charge in [-0.2, -0.15) is 5.10 Å². The minimum Gasteiger partial charge on any atom is -0.397 e. The fourth-order valence-electron chi connectivity index (χ4n) is 2.38. The summed E-state index contributed by atoms with van der Waals surface area (Å²) in [6, 6.07) is 3.81. The van der Waals surface area contributed by atoms with Crippen LogP contribution in [0.15, 0.2) is 18.3 Å². The van der Waals surface area contributed by atoms with Crippen molar-refractivity contribution < 1.29 is 5.11 Å². The zero-order chi connectivity index (χ0) is 13.8. The van der Waals surface area contributed by atoms with Crippen molar-refractivity contribution in [3.05, 3.63) is 18.3 Å². The van der Waals surface area contributed by atoms with Gasteiger partial charge in [0, 0.05) is 11.9 Å². The van der Waals surface area contributed by atoms with Crippen LogP contribution in [0.2, 0.25) is 0 Å². The van der Waals surface area contributed by atoms with Gasteiger partial charge < -0.3 is 16.2 Å². The Bertz CT molecular complexity index is 533. The van der Waals surface area contributed by atoms with E-state index < -0.39 is 0 Å². The number of aliphatic hydroxyl groups excluding tert-OH is 1. The number of anilines is 2. The first-order valence-corrected chi connectivity index (χ1v) is 6.80. The van der Waals surface area contributed by atoms with Crippen LogP contribution in [0.4, 0.5) is 11.4 Å². The zero-order valence-electron chi connectivity index (χ0n) is 11.5. The van der Waals surface area contributed by atoms with Crippen molar-refractivity contribution in [2.24, 2.45) is 5.92 Å². The smallest absolute Gasteiger partial charge is 0.0740 e. The lowest BCUT2D eigenvalue weighted by Crippen LogP contribution is -2.27. The lowest BCUT2D eigenvalue weighted by atomic mass is 9.96. The maximum atomic E-state index is 10.1. The molecule has 0 fully saturated rings. The highest BCUT2D eigenvalue weighted by molar-refractivity contribution is 5.88. The Labute approximate surface area is 113 Å². The van der Waals surface area contributed by atoms with Crippen molar-refractivity contribution in [2.45, 2.75) is 32.8 Å². The molecule has 5 N–H and O–H groups in total. The third-order valence-corrected chi connectivity index (χ3v) is 3.70. The van der Waals surface area contributed by atoms with Gasteiger partial charge in [-0.3, -0.25) is 5.10 Å². The number of aromatic amines is 1. The van der Waals surface area contributed by atoms with Crippen LogP contribution in [0.5, 0.6) is 0 Å². The van der Waals surface area contributed by atoms with Crippen LogP contribution in [0.25, 0.3) is 10.9 Å². The highest BCUT2D eigenvalue weighted by atomic mass is 16.3. The van der Waals surface area contributed by atoms with Gasteiger partial charge in [0.05, 0.1) is 29.2 Å². The number of hydrogen-bond acceptors (Lipinski definition) is 4. The molecule has 1 atom stereocenters. The second kappa shape index (κ2) is 5.93. The van der Waals surface area contributed by atoms with E-state index in [0.29, 0.717) is 18.2 Å². The number of nitrogens with one attached hydrogen (secondary N) is 2. The van der Waals surface area contributed by atoms with Crippen LogP contribution in [-0.4, -0.2) is 28.0 Å². The lowest BCUT2D eigenvalue weighted by molar-refractivity contribution is 0.114. The van der Waals surface area contributed by atoms with Gasteiger partial charge in [0.2, 0.25) is 0 Å². The minimum absolute atomic E-state index is 0.324. The summed E-state index contributed by atoms with van der Waals surface area (Å²) in [4.78, 5) is 0. The zero-order valence-corrected chi connectivity index (χ0v) is 11.5. The molecule has 0 radical (unpaired) electrons. The molecule has 1 heterocycles. The molecule has 104 valence electrons. The van der Waals surface area contributed by atoms with Gasteiger partial charge in [-0.05, 0) is 18.1 Å². The molecule has 0 aliphatic carbocycles. The molecule has 0 saturated heterocycles. The molecular weight excluding hydrogens is 240 g/mol. The van der Waals surface area contributed by atoms with Crippen molar-refractivity contribution in [3.8, 4) is 0 Å². The summed E-state index contributed by atoms with van der Waals surface area (Å²) in [7, 11) is 0. The maximum Gasteiger partial charge on any atom is 0.0740 e. The predicted molar refractivity (Wildman–Crippen MR) is 79.1 cm³/mol. The Balaban J connectivity index is 2.06. The van der Waals surface area contributed by atoms with Crippen LogP contribution in [0, 0.1) is 5.92 Å². The van der Waals surface area contributed by atoms with Crippen molar-refractivity contribution in [3.63, 3.8) is 0 Å². The number of nitrogen functional groups attached to an aromatic ring is 1. The monoisotopic (exact) mass is 262 g/mol. The van der Waals surface area contributed by atoms with Crippen LogP contribution >= 0.6 is 0 Å². The van der Waals surface area contributed by atoms with Gasteiger partial charge in [-0.15, -0.1) is 0 Å². The molecule has 0 saturated carbocycles. The number of rotatable bonds is 6. The van der Waals surface area contributed by atoms with Crippen LogP contribution in [-0.2, 0) is 0 Å². The quantitative estimate of drug-likeness (QED) is 0.602. The van der Waals surface area contributed by atoms with E-state index >= 15 is 0 Å². The van der Waals surface area contributed by atoms with E-state index in [-0.39, 0.29) is 6.10 Å². The number of benzene rings is 1. The summed E-state index contributed by atoms with van der Waals surface area (Å²) in [6.45, 7) is 4.71. The van der Waals surface area contributed by atoms with Crippen LogP contribution in [0.3, 0.4) is 0 Å². The van der Waals surface area contributed by atoms with E-state index in [2.05, 4.69) is 29.4 Å². The van der Waals surface area contributed by atoms with Crippen LogP contribution in [0.1, 0.15) is 26.7 Å². The molecule has 5 nitrogen and oxygen atoms in total. The fourth-order valence-corrected chi connectivity index (χ4v) is 2.38. The summed E-state index contributed by atoms with van der Waals surface area (Å²) < 4.78 is 0. The Kier molecular flexibility index (Phi) is 4.27. The molecule has 1 aromatic heterocycles. The van der Waals surface area contributed by atoms with Gasteiger partial charge in [-0.25, -0.2) is 0 Å². The first-order valence-electron chi connectivity index (χ1n) is 6.80. The molecule has 0 bridgehead atoms. The summed E-state index contributed by atoms with van der Waals surface area (Å²) in [5.41, 5.74) is 8.43. The summed E-state index contributed by atoms with van der Waals surface area (Å²) in [5, 5.41) is 21.2. The second-order valence-corrected chi connectivity index (χ2v) is 4.92. The molecule has 1 unspecified atom stereocenters. The number of H-pyrrole nitrogens is 1. The van der Waals surface area contributed by atoms with Gasteiger partial charge in [-0.1, -0.05) is 26.7 Å². The summed E-state index contributed by atoms with van der Waals surface area (Å²) in [6.07, 6.45) is 3.35. The maximum absolute atomic E-state index is 10.1. The average molecular weight is 262 g/mol. The lowest BCUT2D eigenvalue weighted by Gasteiger charge is -2.21. The molecule has 5 heteroatoms. The molecule has 19 heavy (non-hydrogen) atoms. The molecular formula is C14H22N4O. The van der Waals surface area contributed by atoms with Gasteiger partial charge >= 0.3 is 0 Å². The van der Waals surface area contributed by atoms with E-state index in [0.717, 1.165) is 29.4 Å². The molecule has 2 rings (SSSR count). The SMILES string of the molecule is CCC(CC)C(O)CNc1cc2[nH]ncc2cc1N. The fraction of sp³-hybridized carbons (Fsp3) is 0.500. The van der Waals surface area contributed by atoms with E-state index in [4.69, 9.17) is 5.73 Å². The standard InChI is InChI=1S/C14H22N4O/c1-3-9(4-2)14(19)8-16-13-6-12-10(5-11(13)15)7-17-18-12/h5-7,9,14,16,19H,3-4,8,15H2,1-2H3,(H,17,18). The number of hydrogen-bond donors (Lipinski definition) is 4. The number of fused-ring (bicyclic) bond motifs is 1. The Morgan fingerprint density at radius 2 is 2.11 bits per heavy atom. The van der Waals surface area contributed by atoms with Gasteiger partial charge in [0.25, 0.3) is 0 Å². The minimum atomic E-state index is -0.355. The summed E-state index contributed by atoms with van der Waals surface area (Å²) >= 11 is 0. The molecule has 0 aliphatic heterocycles. The highest BCUT2D eigenvalue weighted by Crippen LogP contribution is 2.25. The van der Waals surface area contributed by atoms with Crippen molar-refractivity contribution in [1.29, 1.82) is 0 Å². The van der Waals surface area contributed by atoms with Crippen molar-refractivity contribution >= 4 is 22.3 Å². The third kappa shape index (κ3) is 2.98. The molecule has 0 amide bonds. The van der Waals surface area contributed by atoms with Gasteiger partial charge in [0.15, 0.2) is 0 Å². The number of aromatic nitrogens is 2. The highest BCUT2D eigenvalue weighted by Gasteiger charge is 2.15. The van der Waals surface area contributed by atoms with E-state index in [1.807, 2.05) is 12.1 Å². The molecule has 1 aromatic carbocycles. The number of aliphatic hydroxyl groups is 1. The Morgan fingerprint density at radius 1 is 1.37 bits per heavy atom. The Hall–Kier alpha value is -1.75. The Morgan fingerprint density at radius 3 is 2.79 bits per heavy atom. The number of nitrogens with two attached hydrogens (primary N) is 1. The second-order valence-electron chi connectivity index (χ2n) is 4.92. The molecule has 0 spiro atoms. The van der Waals surface area contributed by atoms with E-state index in [9.17, 15) is 5.11 Å². The van der Waals surface area contributed by atoms with E-state index in [1.165, 1.54) is 0 Å². The van der Waals surface area contributed by atoms with Crippen LogP contribution < -0.4 is 11.1 Å². The van der Waals surface area contributed by atoms with Crippen molar-refractivity contribution in [2.75, 3.05) is 17.6 Å².